The van der Waals surface area contributed by atoms with Gasteiger partial charge in [0.25, 0.3) is 0 Å². The van der Waals surface area contributed by atoms with E-state index in [2.05, 4.69) is 28.1 Å². The second-order valence-corrected chi connectivity index (χ2v) is 13.3. The Morgan fingerprint density at radius 3 is 1.54 bits per heavy atom. The van der Waals surface area contributed by atoms with Crippen LogP contribution in [-0.2, 0) is 29.5 Å². The first-order valence-electron chi connectivity index (χ1n) is 18.0. The van der Waals surface area contributed by atoms with E-state index in [1.54, 1.807) is 0 Å². The van der Waals surface area contributed by atoms with Gasteiger partial charge in [-0.1, -0.05) is 140 Å². The standard InChI is InChI=1S/C44H44N4O6/c1-29(40(45)49)46-41(50)30(2)47-42(51)39(48-43(52)53-28-38-36-24-14-12-22-34(36)35-23-13-15-25-37(35)38)26-27-54-44(31-16-6-3-7-17-31,32-18-8-4-9-19-32)33-20-10-5-11-21-33/h3-25,29-30,38-39H,26-28H2,1-2H3,(H2,45,49)(H,46,50)(H,47,51)(H,48,52). The molecule has 5 aromatic carbocycles. The zero-order valence-electron chi connectivity index (χ0n) is 30.2. The van der Waals surface area contributed by atoms with Crippen LogP contribution in [0.5, 0.6) is 0 Å². The predicted molar refractivity (Wildman–Crippen MR) is 206 cm³/mol. The summed E-state index contributed by atoms with van der Waals surface area (Å²) in [5.41, 5.74) is 11.2. The number of hydrogen-bond acceptors (Lipinski definition) is 6. The van der Waals surface area contributed by atoms with E-state index in [-0.39, 0.29) is 25.6 Å². The monoisotopic (exact) mass is 724 g/mol. The Hall–Kier alpha value is -6.26. The highest BCUT2D eigenvalue weighted by Gasteiger charge is 2.38. The largest absolute Gasteiger partial charge is 0.449 e. The van der Waals surface area contributed by atoms with Crippen molar-refractivity contribution in [1.29, 1.82) is 0 Å². The number of primary amides is 1. The van der Waals surface area contributed by atoms with E-state index in [1.165, 1.54) is 13.8 Å². The van der Waals surface area contributed by atoms with Crippen LogP contribution >= 0.6 is 0 Å². The lowest BCUT2D eigenvalue weighted by Crippen LogP contribution is -2.55. The van der Waals surface area contributed by atoms with Gasteiger partial charge in [-0.25, -0.2) is 4.79 Å². The van der Waals surface area contributed by atoms with Crippen molar-refractivity contribution in [3.05, 3.63) is 167 Å². The lowest BCUT2D eigenvalue weighted by molar-refractivity contribution is -0.131. The molecule has 1 aliphatic carbocycles. The van der Waals surface area contributed by atoms with Crippen LogP contribution in [0.15, 0.2) is 140 Å². The Balaban J connectivity index is 1.23. The summed E-state index contributed by atoms with van der Waals surface area (Å²) >= 11 is 0. The first-order chi connectivity index (χ1) is 26.2. The van der Waals surface area contributed by atoms with Gasteiger partial charge in [0.15, 0.2) is 0 Å². The summed E-state index contributed by atoms with van der Waals surface area (Å²) in [6.45, 7) is 2.99. The Morgan fingerprint density at radius 2 is 1.06 bits per heavy atom. The second-order valence-electron chi connectivity index (χ2n) is 13.3. The highest BCUT2D eigenvalue weighted by Crippen LogP contribution is 2.44. The van der Waals surface area contributed by atoms with Gasteiger partial charge in [-0.15, -0.1) is 0 Å². The van der Waals surface area contributed by atoms with Gasteiger partial charge in [0.1, 0.15) is 30.3 Å². The highest BCUT2D eigenvalue weighted by molar-refractivity contribution is 5.93. The van der Waals surface area contributed by atoms with E-state index in [0.717, 1.165) is 38.9 Å². The predicted octanol–water partition coefficient (Wildman–Crippen LogP) is 5.79. The molecule has 0 spiro atoms. The number of hydrogen-bond donors (Lipinski definition) is 4. The number of rotatable bonds is 15. The summed E-state index contributed by atoms with van der Waals surface area (Å²) in [6.07, 6.45) is -0.770. The summed E-state index contributed by atoms with van der Waals surface area (Å²) in [7, 11) is 0. The maximum Gasteiger partial charge on any atom is 0.407 e. The van der Waals surface area contributed by atoms with Crippen molar-refractivity contribution in [2.75, 3.05) is 13.2 Å². The van der Waals surface area contributed by atoms with Gasteiger partial charge in [0.2, 0.25) is 17.7 Å². The second kappa shape index (κ2) is 17.0. The van der Waals surface area contributed by atoms with Crippen LogP contribution in [0.3, 0.4) is 0 Å². The number of benzene rings is 5. The molecule has 6 rings (SSSR count). The van der Waals surface area contributed by atoms with Crippen LogP contribution in [0.25, 0.3) is 11.1 Å². The van der Waals surface area contributed by atoms with Crippen molar-refractivity contribution in [3.63, 3.8) is 0 Å². The molecule has 4 amide bonds. The zero-order chi connectivity index (χ0) is 38.1. The van der Waals surface area contributed by atoms with Crippen LogP contribution < -0.4 is 21.7 Å². The lowest BCUT2D eigenvalue weighted by atomic mass is 9.80. The SMILES string of the molecule is CC(NC(=O)C(C)NC(=O)C(CCOC(c1ccccc1)(c1ccccc1)c1ccccc1)NC(=O)OCC1c2ccccc2-c2ccccc21)C(N)=O. The Kier molecular flexibility index (Phi) is 11.8. The van der Waals surface area contributed by atoms with E-state index in [0.29, 0.717) is 0 Å². The van der Waals surface area contributed by atoms with E-state index >= 15 is 0 Å². The molecule has 0 bridgehead atoms. The normalized spacial score (nSPS) is 13.7. The van der Waals surface area contributed by atoms with Gasteiger partial charge in [-0.3, -0.25) is 14.4 Å². The molecule has 10 nitrogen and oxygen atoms in total. The molecule has 54 heavy (non-hydrogen) atoms. The minimum Gasteiger partial charge on any atom is -0.449 e. The quantitative estimate of drug-likeness (QED) is 0.101. The average molecular weight is 725 g/mol. The van der Waals surface area contributed by atoms with Crippen molar-refractivity contribution in [3.8, 4) is 11.1 Å². The van der Waals surface area contributed by atoms with Gasteiger partial charge in [-0.05, 0) is 52.8 Å². The molecular formula is C44H44N4O6. The third kappa shape index (κ3) is 8.19. The van der Waals surface area contributed by atoms with E-state index in [1.807, 2.05) is 127 Å². The molecule has 0 radical (unpaired) electrons. The molecule has 10 heteroatoms. The molecule has 5 aromatic rings. The molecule has 0 aromatic heterocycles. The molecular weight excluding hydrogens is 681 g/mol. The van der Waals surface area contributed by atoms with Crippen molar-refractivity contribution in [2.24, 2.45) is 5.73 Å². The van der Waals surface area contributed by atoms with E-state index in [4.69, 9.17) is 15.2 Å². The lowest BCUT2D eigenvalue weighted by Gasteiger charge is -2.36. The number of amides is 4. The number of carbonyl (C=O) groups excluding carboxylic acids is 4. The van der Waals surface area contributed by atoms with Crippen molar-refractivity contribution in [1.82, 2.24) is 16.0 Å². The molecule has 3 atom stereocenters. The van der Waals surface area contributed by atoms with Gasteiger partial charge in [0.05, 0.1) is 6.61 Å². The molecule has 3 unspecified atom stereocenters. The summed E-state index contributed by atoms with van der Waals surface area (Å²) in [6, 6.07) is 42.3. The number of carbonyl (C=O) groups is 4. The third-order valence-corrected chi connectivity index (χ3v) is 9.76. The molecule has 1 aliphatic rings. The van der Waals surface area contributed by atoms with Gasteiger partial charge in [0, 0.05) is 12.3 Å². The molecule has 0 heterocycles. The number of ether oxygens (including phenoxy) is 2. The number of fused-ring (bicyclic) bond motifs is 3. The fraction of sp³-hybridized carbons (Fsp3) is 0.227. The van der Waals surface area contributed by atoms with Crippen LogP contribution in [0.4, 0.5) is 4.79 Å². The zero-order valence-corrected chi connectivity index (χ0v) is 30.2. The fourth-order valence-corrected chi connectivity index (χ4v) is 6.94. The maximum atomic E-state index is 13.9. The average Bonchev–Trinajstić information content (AvgIpc) is 3.52. The summed E-state index contributed by atoms with van der Waals surface area (Å²) in [5.74, 6) is -2.14. The minimum atomic E-state index is -1.16. The topological polar surface area (TPSA) is 149 Å². The third-order valence-electron chi connectivity index (χ3n) is 9.76. The highest BCUT2D eigenvalue weighted by atomic mass is 16.5. The first kappa shape index (κ1) is 37.5. The first-order valence-corrected chi connectivity index (χ1v) is 18.0. The van der Waals surface area contributed by atoms with Crippen molar-refractivity contribution in [2.45, 2.75) is 49.9 Å². The van der Waals surface area contributed by atoms with Crippen LogP contribution in [-0.4, -0.2) is 55.2 Å². The summed E-state index contributed by atoms with van der Waals surface area (Å²) in [4.78, 5) is 51.8. The number of nitrogens with two attached hydrogens (primary N) is 1. The van der Waals surface area contributed by atoms with E-state index in [9.17, 15) is 19.2 Å². The number of alkyl carbamates (subject to hydrolysis) is 1. The fourth-order valence-electron chi connectivity index (χ4n) is 6.94. The Morgan fingerprint density at radius 1 is 0.611 bits per heavy atom. The van der Waals surface area contributed by atoms with Crippen molar-refractivity contribution >= 4 is 23.8 Å². The smallest absolute Gasteiger partial charge is 0.407 e. The Labute approximate surface area is 315 Å². The Bertz CT molecular complexity index is 1930. The van der Waals surface area contributed by atoms with Gasteiger partial charge in [-0.2, -0.15) is 0 Å². The maximum absolute atomic E-state index is 13.9. The molecule has 0 aliphatic heterocycles. The van der Waals surface area contributed by atoms with Crippen molar-refractivity contribution < 1.29 is 28.7 Å². The molecule has 0 fully saturated rings. The van der Waals surface area contributed by atoms with Crippen LogP contribution in [0, 0.1) is 0 Å². The van der Waals surface area contributed by atoms with Crippen LogP contribution in [0.2, 0.25) is 0 Å². The minimum absolute atomic E-state index is 0.0136. The molecule has 0 saturated heterocycles. The summed E-state index contributed by atoms with van der Waals surface area (Å²) in [5, 5.41) is 7.89. The van der Waals surface area contributed by atoms with E-state index < -0.39 is 47.5 Å². The van der Waals surface area contributed by atoms with Gasteiger partial charge >= 0.3 is 6.09 Å². The summed E-state index contributed by atoms with van der Waals surface area (Å²) < 4.78 is 12.7. The van der Waals surface area contributed by atoms with Crippen LogP contribution in [0.1, 0.15) is 54.0 Å². The number of nitrogens with one attached hydrogen (secondary N) is 3. The molecule has 276 valence electrons. The molecule has 5 N–H and O–H groups in total. The van der Waals surface area contributed by atoms with Gasteiger partial charge < -0.3 is 31.2 Å². The molecule has 0 saturated carbocycles.